The number of nitrogen functional groups attached to an aromatic ring is 1. The molecule has 23 heavy (non-hydrogen) atoms. The van der Waals surface area contributed by atoms with Crippen LogP contribution in [0.3, 0.4) is 0 Å². The number of nitrogens with two attached hydrogens (primary N) is 1. The first-order chi connectivity index (χ1) is 10.7. The Morgan fingerprint density at radius 3 is 2.48 bits per heavy atom. The quantitative estimate of drug-likeness (QED) is 0.440. The summed E-state index contributed by atoms with van der Waals surface area (Å²) in [6.07, 6.45) is 0. The average molecular weight is 336 g/mol. The number of carboxylic acid groups (broad SMARTS) is 1. The van der Waals surface area contributed by atoms with Crippen molar-refractivity contribution in [3.05, 3.63) is 44.6 Å². The predicted octanol–water partition coefficient (Wildman–Crippen LogP) is 2.20. The number of hydrogen-bond donors (Lipinski definition) is 3. The van der Waals surface area contributed by atoms with Crippen molar-refractivity contribution in [2.24, 2.45) is 0 Å². The van der Waals surface area contributed by atoms with Crippen LogP contribution in [0.15, 0.2) is 12.1 Å². The van der Waals surface area contributed by atoms with Gasteiger partial charge in [0.15, 0.2) is 5.13 Å². The molecule has 0 saturated carbocycles. The summed E-state index contributed by atoms with van der Waals surface area (Å²) < 4.78 is 0. The van der Waals surface area contributed by atoms with E-state index in [0.717, 1.165) is 11.3 Å². The average Bonchev–Trinajstić information content (AvgIpc) is 2.82. The van der Waals surface area contributed by atoms with Crippen LogP contribution in [0.25, 0.3) is 0 Å². The van der Waals surface area contributed by atoms with Gasteiger partial charge in [-0.25, -0.2) is 9.78 Å². The van der Waals surface area contributed by atoms with E-state index in [9.17, 15) is 19.7 Å². The first kappa shape index (κ1) is 16.4. The first-order valence-electron chi connectivity index (χ1n) is 6.28. The first-order valence-corrected chi connectivity index (χ1v) is 7.09. The molecule has 0 radical (unpaired) electrons. The topological polar surface area (TPSA) is 148 Å². The molecule has 2 aromatic rings. The minimum absolute atomic E-state index is 0.000203. The van der Waals surface area contributed by atoms with Crippen molar-refractivity contribution >= 4 is 39.0 Å². The van der Waals surface area contributed by atoms with Crippen LogP contribution >= 0.6 is 11.3 Å². The Morgan fingerprint density at radius 2 is 1.96 bits per heavy atom. The lowest BCUT2D eigenvalue weighted by molar-refractivity contribution is -0.380. The third-order valence-electron chi connectivity index (χ3n) is 3.15. The summed E-state index contributed by atoms with van der Waals surface area (Å²) in [6.45, 7) is 2.96. The molecule has 0 saturated heterocycles. The lowest BCUT2D eigenvalue weighted by Crippen LogP contribution is -2.16. The smallest absolute Gasteiger partial charge is 0.348 e. The lowest BCUT2D eigenvalue weighted by Gasteiger charge is -2.10. The zero-order chi connectivity index (χ0) is 17.3. The van der Waals surface area contributed by atoms with Crippen LogP contribution in [0, 0.1) is 24.0 Å². The SMILES string of the molecule is Cc1nc(NC(=O)c2ccc(C(=O)O)c(C)c2N)sc1[N+](=O)[O-]. The molecule has 0 unspecified atom stereocenters. The Bertz CT molecular complexity index is 830. The van der Waals surface area contributed by atoms with Gasteiger partial charge in [0.05, 0.1) is 16.1 Å². The third-order valence-corrected chi connectivity index (χ3v) is 4.17. The highest BCUT2D eigenvalue weighted by molar-refractivity contribution is 7.19. The molecular formula is C13H12N4O5S. The van der Waals surface area contributed by atoms with E-state index in [2.05, 4.69) is 10.3 Å². The Labute approximate surface area is 133 Å². The molecule has 0 aliphatic heterocycles. The van der Waals surface area contributed by atoms with Gasteiger partial charge in [-0.3, -0.25) is 20.2 Å². The molecule has 4 N–H and O–H groups in total. The monoisotopic (exact) mass is 336 g/mol. The van der Waals surface area contributed by atoms with E-state index < -0.39 is 16.8 Å². The molecular weight excluding hydrogens is 324 g/mol. The molecule has 0 spiro atoms. The van der Waals surface area contributed by atoms with Crippen molar-refractivity contribution in [3.8, 4) is 0 Å². The molecule has 120 valence electrons. The van der Waals surface area contributed by atoms with E-state index >= 15 is 0 Å². The number of nitrogens with zero attached hydrogens (tertiary/aromatic N) is 2. The van der Waals surface area contributed by atoms with Crippen LogP contribution in [-0.2, 0) is 0 Å². The highest BCUT2D eigenvalue weighted by Gasteiger charge is 2.21. The van der Waals surface area contributed by atoms with E-state index in [4.69, 9.17) is 10.8 Å². The number of thiazole rings is 1. The number of nitro groups is 1. The zero-order valence-electron chi connectivity index (χ0n) is 12.1. The second-order valence-electron chi connectivity index (χ2n) is 4.63. The number of aromatic carboxylic acids is 1. The summed E-state index contributed by atoms with van der Waals surface area (Å²) in [5, 5.41) is 22.1. The van der Waals surface area contributed by atoms with E-state index in [1.807, 2.05) is 0 Å². The Hall–Kier alpha value is -3.01. The summed E-state index contributed by atoms with van der Waals surface area (Å²) in [5.74, 6) is -1.77. The summed E-state index contributed by atoms with van der Waals surface area (Å²) in [6, 6.07) is 2.56. The number of hydrogen-bond acceptors (Lipinski definition) is 7. The molecule has 0 fully saturated rings. The van der Waals surface area contributed by atoms with Gasteiger partial charge in [0.25, 0.3) is 5.91 Å². The maximum atomic E-state index is 12.2. The molecule has 9 nitrogen and oxygen atoms in total. The molecule has 1 aromatic carbocycles. The van der Waals surface area contributed by atoms with Gasteiger partial charge in [0, 0.05) is 5.69 Å². The number of carbonyl (C=O) groups excluding carboxylic acids is 1. The minimum Gasteiger partial charge on any atom is -0.478 e. The van der Waals surface area contributed by atoms with Crippen LogP contribution in [0.5, 0.6) is 0 Å². The molecule has 0 aliphatic rings. The normalized spacial score (nSPS) is 10.3. The largest absolute Gasteiger partial charge is 0.478 e. The van der Waals surface area contributed by atoms with Crippen molar-refractivity contribution in [2.75, 3.05) is 11.1 Å². The van der Waals surface area contributed by atoms with Gasteiger partial charge in [-0.05, 0) is 42.9 Å². The molecule has 10 heteroatoms. The summed E-state index contributed by atoms with van der Waals surface area (Å²) in [5.41, 5.74) is 6.38. The Balaban J connectivity index is 2.31. The number of carboxylic acids is 1. The second-order valence-corrected chi connectivity index (χ2v) is 5.60. The molecule has 1 amide bonds. The van der Waals surface area contributed by atoms with Crippen LogP contribution in [0.1, 0.15) is 32.0 Å². The number of benzene rings is 1. The van der Waals surface area contributed by atoms with E-state index in [1.54, 1.807) is 0 Å². The molecule has 0 aliphatic carbocycles. The number of aryl methyl sites for hydroxylation is 1. The van der Waals surface area contributed by atoms with Crippen molar-refractivity contribution in [1.29, 1.82) is 0 Å². The van der Waals surface area contributed by atoms with Gasteiger partial charge < -0.3 is 10.8 Å². The van der Waals surface area contributed by atoms with Crippen LogP contribution in [0.4, 0.5) is 15.8 Å². The Morgan fingerprint density at radius 1 is 1.35 bits per heavy atom. The maximum absolute atomic E-state index is 12.2. The van der Waals surface area contributed by atoms with Gasteiger partial charge in [0.2, 0.25) is 0 Å². The number of rotatable bonds is 4. The maximum Gasteiger partial charge on any atom is 0.348 e. The highest BCUT2D eigenvalue weighted by atomic mass is 32.1. The standard InChI is InChI=1S/C13H12N4O5S/c1-5-7(12(19)20)3-4-8(9(5)14)10(18)16-13-15-6(2)11(23-13)17(21)22/h3-4H,14H2,1-2H3,(H,19,20)(H,15,16,18). The van der Waals surface area contributed by atoms with Crippen molar-refractivity contribution < 1.29 is 19.6 Å². The van der Waals surface area contributed by atoms with Crippen LogP contribution in [0.2, 0.25) is 0 Å². The fraction of sp³-hybridized carbons (Fsp3) is 0.154. The summed E-state index contributed by atoms with van der Waals surface area (Å²) in [7, 11) is 0. The fourth-order valence-corrected chi connectivity index (χ4v) is 2.71. The molecule has 0 atom stereocenters. The Kier molecular flexibility index (Phi) is 4.27. The highest BCUT2D eigenvalue weighted by Crippen LogP contribution is 2.30. The second kappa shape index (κ2) is 6.01. The molecule has 1 aromatic heterocycles. The molecule has 0 bridgehead atoms. The van der Waals surface area contributed by atoms with Crippen molar-refractivity contribution in [3.63, 3.8) is 0 Å². The van der Waals surface area contributed by atoms with Crippen LogP contribution < -0.4 is 11.1 Å². The van der Waals surface area contributed by atoms with E-state index in [0.29, 0.717) is 0 Å². The van der Waals surface area contributed by atoms with E-state index in [-0.39, 0.29) is 38.2 Å². The number of amides is 1. The predicted molar refractivity (Wildman–Crippen MR) is 84.0 cm³/mol. The van der Waals surface area contributed by atoms with Gasteiger partial charge in [-0.15, -0.1) is 0 Å². The fourth-order valence-electron chi connectivity index (χ4n) is 1.93. The summed E-state index contributed by atoms with van der Waals surface area (Å²) >= 11 is 0.732. The van der Waals surface area contributed by atoms with Gasteiger partial charge in [-0.1, -0.05) is 0 Å². The van der Waals surface area contributed by atoms with Crippen LogP contribution in [-0.4, -0.2) is 26.9 Å². The minimum atomic E-state index is -1.15. The van der Waals surface area contributed by atoms with E-state index in [1.165, 1.54) is 26.0 Å². The van der Waals surface area contributed by atoms with Gasteiger partial charge in [0.1, 0.15) is 5.69 Å². The summed E-state index contributed by atoms with van der Waals surface area (Å²) in [4.78, 5) is 37.3. The third kappa shape index (κ3) is 3.11. The molecule has 2 rings (SSSR count). The van der Waals surface area contributed by atoms with Crippen molar-refractivity contribution in [1.82, 2.24) is 4.98 Å². The van der Waals surface area contributed by atoms with Gasteiger partial charge in [-0.2, -0.15) is 0 Å². The lowest BCUT2D eigenvalue weighted by atomic mass is 10.0. The van der Waals surface area contributed by atoms with Crippen molar-refractivity contribution in [2.45, 2.75) is 13.8 Å². The zero-order valence-corrected chi connectivity index (χ0v) is 12.9. The number of nitrogens with one attached hydrogen (secondary N) is 1. The number of aromatic nitrogens is 1. The number of anilines is 2. The van der Waals surface area contributed by atoms with Gasteiger partial charge >= 0.3 is 11.0 Å². The number of carbonyl (C=O) groups is 2. The molecule has 1 heterocycles.